The molecule has 0 unspecified atom stereocenters. The summed E-state index contributed by atoms with van der Waals surface area (Å²) in [4.78, 5) is 26.6. The average molecular weight is 354 g/mol. The van der Waals surface area contributed by atoms with Gasteiger partial charge < -0.3 is 10.1 Å². The van der Waals surface area contributed by atoms with Crippen molar-refractivity contribution in [1.29, 1.82) is 0 Å². The Hall–Kier alpha value is -2.40. The van der Waals surface area contributed by atoms with Crippen molar-refractivity contribution in [2.24, 2.45) is 5.92 Å². The highest BCUT2D eigenvalue weighted by molar-refractivity contribution is 5.97. The Morgan fingerprint density at radius 1 is 1.15 bits per heavy atom. The summed E-state index contributed by atoms with van der Waals surface area (Å²) in [6, 6.07) is 13.8. The normalized spacial score (nSPS) is 17.0. The Morgan fingerprint density at radius 2 is 1.85 bits per heavy atom. The quantitative estimate of drug-likeness (QED) is 0.836. The maximum Gasteiger partial charge on any atom is 0.309 e. The van der Waals surface area contributed by atoms with Crippen LogP contribution in [-0.4, -0.2) is 42.5 Å². The maximum absolute atomic E-state index is 12.6. The molecule has 0 saturated carbocycles. The number of ether oxygens (including phenoxy) is 1. The molecule has 0 bridgehead atoms. The SMILES string of the molecule is CCOC(=O)C1CCN([C@H](C)C(=O)Nc2ccc3ccccc3c2)CC1. The number of hydrogen-bond acceptors (Lipinski definition) is 4. The molecule has 5 heteroatoms. The van der Waals surface area contributed by atoms with E-state index in [-0.39, 0.29) is 23.8 Å². The van der Waals surface area contributed by atoms with Gasteiger partial charge in [0.1, 0.15) is 0 Å². The van der Waals surface area contributed by atoms with Crippen molar-refractivity contribution in [3.63, 3.8) is 0 Å². The lowest BCUT2D eigenvalue weighted by atomic mass is 9.96. The average Bonchev–Trinajstić information content (AvgIpc) is 2.67. The zero-order valence-electron chi connectivity index (χ0n) is 15.4. The fraction of sp³-hybridized carbons (Fsp3) is 0.429. The van der Waals surface area contributed by atoms with Crippen molar-refractivity contribution in [1.82, 2.24) is 4.90 Å². The number of fused-ring (bicyclic) bond motifs is 1. The molecule has 2 aromatic rings. The number of benzene rings is 2. The summed E-state index contributed by atoms with van der Waals surface area (Å²) < 4.78 is 5.10. The summed E-state index contributed by atoms with van der Waals surface area (Å²) in [5.74, 6) is -0.169. The van der Waals surface area contributed by atoms with Gasteiger partial charge in [0.05, 0.1) is 18.6 Å². The molecular formula is C21H26N2O3. The Balaban J connectivity index is 1.57. The molecule has 1 amide bonds. The van der Waals surface area contributed by atoms with Gasteiger partial charge >= 0.3 is 5.97 Å². The predicted molar refractivity (Wildman–Crippen MR) is 103 cm³/mol. The minimum absolute atomic E-state index is 0.0186. The highest BCUT2D eigenvalue weighted by atomic mass is 16.5. The first-order valence-electron chi connectivity index (χ1n) is 9.29. The van der Waals surface area contributed by atoms with E-state index in [1.54, 1.807) is 0 Å². The molecule has 1 aliphatic rings. The summed E-state index contributed by atoms with van der Waals surface area (Å²) in [5.41, 5.74) is 0.807. The van der Waals surface area contributed by atoms with E-state index >= 15 is 0 Å². The van der Waals surface area contributed by atoms with Crippen molar-refractivity contribution in [3.05, 3.63) is 42.5 Å². The first-order valence-corrected chi connectivity index (χ1v) is 9.29. The lowest BCUT2D eigenvalue weighted by Gasteiger charge is -2.34. The van der Waals surface area contributed by atoms with Crippen molar-refractivity contribution < 1.29 is 14.3 Å². The molecule has 3 rings (SSSR count). The van der Waals surface area contributed by atoms with Crippen molar-refractivity contribution in [3.8, 4) is 0 Å². The summed E-state index contributed by atoms with van der Waals surface area (Å²) >= 11 is 0. The third-order valence-corrected chi connectivity index (χ3v) is 5.09. The number of anilines is 1. The van der Waals surface area contributed by atoms with Crippen LogP contribution in [0.1, 0.15) is 26.7 Å². The number of piperidine rings is 1. The highest BCUT2D eigenvalue weighted by Crippen LogP contribution is 2.22. The van der Waals surface area contributed by atoms with Gasteiger partial charge in [-0.05, 0) is 62.7 Å². The van der Waals surface area contributed by atoms with Gasteiger partial charge in [-0.25, -0.2) is 0 Å². The molecule has 1 N–H and O–H groups in total. The first-order chi connectivity index (χ1) is 12.6. The second-order valence-corrected chi connectivity index (χ2v) is 6.79. The first kappa shape index (κ1) is 18.4. The largest absolute Gasteiger partial charge is 0.466 e. The third-order valence-electron chi connectivity index (χ3n) is 5.09. The van der Waals surface area contributed by atoms with Crippen molar-refractivity contribution in [2.45, 2.75) is 32.7 Å². The smallest absolute Gasteiger partial charge is 0.309 e. The number of carbonyl (C=O) groups is 2. The molecule has 1 atom stereocenters. The van der Waals surface area contributed by atoms with Crippen LogP contribution in [0.15, 0.2) is 42.5 Å². The Morgan fingerprint density at radius 3 is 2.54 bits per heavy atom. The number of hydrogen-bond donors (Lipinski definition) is 1. The van der Waals surface area contributed by atoms with Crippen LogP contribution in [0.5, 0.6) is 0 Å². The number of carbonyl (C=O) groups excluding carboxylic acids is 2. The number of likely N-dealkylation sites (tertiary alicyclic amines) is 1. The summed E-state index contributed by atoms with van der Waals surface area (Å²) in [6.07, 6.45) is 1.48. The zero-order valence-corrected chi connectivity index (χ0v) is 15.4. The molecule has 1 saturated heterocycles. The summed E-state index contributed by atoms with van der Waals surface area (Å²) in [6.45, 7) is 5.63. The predicted octanol–water partition coefficient (Wildman–Crippen LogP) is 3.44. The fourth-order valence-electron chi connectivity index (χ4n) is 3.46. The number of esters is 1. The molecule has 1 fully saturated rings. The van der Waals surface area contributed by atoms with Crippen molar-refractivity contribution >= 4 is 28.3 Å². The van der Waals surface area contributed by atoms with Crippen LogP contribution in [0.25, 0.3) is 10.8 Å². The molecule has 26 heavy (non-hydrogen) atoms. The minimum Gasteiger partial charge on any atom is -0.466 e. The Kier molecular flexibility index (Phi) is 5.89. The molecule has 5 nitrogen and oxygen atoms in total. The maximum atomic E-state index is 12.6. The molecule has 0 radical (unpaired) electrons. The monoisotopic (exact) mass is 354 g/mol. The van der Waals surface area contributed by atoms with Crippen LogP contribution in [0.3, 0.4) is 0 Å². The van der Waals surface area contributed by atoms with Crippen LogP contribution < -0.4 is 5.32 Å². The standard InChI is InChI=1S/C21H26N2O3/c1-3-26-21(25)17-10-12-23(13-11-17)15(2)20(24)22-19-9-8-16-6-4-5-7-18(16)14-19/h4-9,14-15,17H,3,10-13H2,1-2H3,(H,22,24)/t15-/m1/s1. The van der Waals surface area contributed by atoms with Gasteiger partial charge in [-0.3, -0.25) is 14.5 Å². The number of nitrogens with zero attached hydrogens (tertiary/aromatic N) is 1. The van der Waals surface area contributed by atoms with E-state index in [4.69, 9.17) is 4.74 Å². The molecule has 1 heterocycles. The lowest BCUT2D eigenvalue weighted by Crippen LogP contribution is -2.47. The van der Waals surface area contributed by atoms with E-state index < -0.39 is 0 Å². The summed E-state index contributed by atoms with van der Waals surface area (Å²) in [7, 11) is 0. The summed E-state index contributed by atoms with van der Waals surface area (Å²) in [5, 5.41) is 5.27. The van der Waals surface area contributed by atoms with Gasteiger partial charge in [0.15, 0.2) is 0 Å². The van der Waals surface area contributed by atoms with Crippen LogP contribution in [0.2, 0.25) is 0 Å². The number of amides is 1. The molecule has 0 aliphatic carbocycles. The van der Waals surface area contributed by atoms with Gasteiger partial charge in [-0.2, -0.15) is 0 Å². The van der Waals surface area contributed by atoms with Gasteiger partial charge in [-0.1, -0.05) is 30.3 Å². The van der Waals surface area contributed by atoms with E-state index in [0.29, 0.717) is 6.61 Å². The van der Waals surface area contributed by atoms with Gasteiger partial charge in [0.2, 0.25) is 5.91 Å². The topological polar surface area (TPSA) is 58.6 Å². The van der Waals surface area contributed by atoms with E-state index in [1.807, 2.05) is 50.2 Å². The van der Waals surface area contributed by atoms with Crippen LogP contribution in [0, 0.1) is 5.92 Å². The molecule has 138 valence electrons. The molecule has 1 aliphatic heterocycles. The van der Waals surface area contributed by atoms with Gasteiger partial charge in [-0.15, -0.1) is 0 Å². The minimum atomic E-state index is -0.232. The zero-order chi connectivity index (χ0) is 18.5. The highest BCUT2D eigenvalue weighted by Gasteiger charge is 2.30. The van der Waals surface area contributed by atoms with Crippen LogP contribution >= 0.6 is 0 Å². The molecular weight excluding hydrogens is 328 g/mol. The third kappa shape index (κ3) is 4.22. The number of nitrogens with one attached hydrogen (secondary N) is 1. The molecule has 0 aromatic heterocycles. The second kappa shape index (κ2) is 8.32. The lowest BCUT2D eigenvalue weighted by molar-refractivity contribution is -0.149. The Labute approximate surface area is 154 Å². The van der Waals surface area contributed by atoms with Crippen molar-refractivity contribution in [2.75, 3.05) is 25.0 Å². The fourth-order valence-corrected chi connectivity index (χ4v) is 3.46. The molecule has 2 aromatic carbocycles. The second-order valence-electron chi connectivity index (χ2n) is 6.79. The van der Waals surface area contributed by atoms with E-state index in [9.17, 15) is 9.59 Å². The van der Waals surface area contributed by atoms with Gasteiger partial charge in [0, 0.05) is 5.69 Å². The van der Waals surface area contributed by atoms with E-state index in [0.717, 1.165) is 42.4 Å². The Bertz CT molecular complexity index is 782. The van der Waals surface area contributed by atoms with E-state index in [2.05, 4.69) is 16.3 Å². The number of rotatable bonds is 5. The molecule has 0 spiro atoms. The van der Waals surface area contributed by atoms with Crippen LogP contribution in [0.4, 0.5) is 5.69 Å². The van der Waals surface area contributed by atoms with E-state index in [1.165, 1.54) is 0 Å². The van der Waals surface area contributed by atoms with Crippen LogP contribution in [-0.2, 0) is 14.3 Å². The van der Waals surface area contributed by atoms with Gasteiger partial charge in [0.25, 0.3) is 0 Å².